The maximum atomic E-state index is 12.5. The van der Waals surface area contributed by atoms with Gasteiger partial charge in [0.05, 0.1) is 0 Å². The fraction of sp³-hybridized carbons (Fsp3) is 0.318. The molecule has 0 unspecified atom stereocenters. The number of fused-ring (bicyclic) bond motifs is 1. The lowest BCUT2D eigenvalue weighted by Crippen LogP contribution is -2.55. The van der Waals surface area contributed by atoms with Crippen LogP contribution in [-0.4, -0.2) is 11.4 Å². The summed E-state index contributed by atoms with van der Waals surface area (Å²) in [5, 5.41) is 0. The average Bonchev–Trinajstić information content (AvgIpc) is 2.54. The quantitative estimate of drug-likeness (QED) is 0.713. The first-order valence-electron chi connectivity index (χ1n) is 8.43. The van der Waals surface area contributed by atoms with Gasteiger partial charge in [-0.25, -0.2) is 0 Å². The number of anilines is 1. The van der Waals surface area contributed by atoms with Gasteiger partial charge in [-0.2, -0.15) is 0 Å². The van der Waals surface area contributed by atoms with Gasteiger partial charge in [0.15, 0.2) is 0 Å². The van der Waals surface area contributed by atoms with Gasteiger partial charge >= 0.3 is 0 Å². The van der Waals surface area contributed by atoms with E-state index in [1.807, 2.05) is 17.0 Å². The number of nitrogens with zero attached hydrogens (tertiary/aromatic N) is 1. The summed E-state index contributed by atoms with van der Waals surface area (Å²) in [6.07, 6.45) is 2.27. The minimum absolute atomic E-state index is 0.0431. The molecule has 0 aromatic heterocycles. The van der Waals surface area contributed by atoms with Crippen LogP contribution in [0.25, 0.3) is 0 Å². The van der Waals surface area contributed by atoms with E-state index >= 15 is 0 Å². The molecule has 0 saturated carbocycles. The summed E-state index contributed by atoms with van der Waals surface area (Å²) in [6, 6.07) is 17.0. The van der Waals surface area contributed by atoms with Gasteiger partial charge in [-0.15, -0.1) is 0 Å². The zero-order chi connectivity index (χ0) is 17.5. The van der Waals surface area contributed by atoms with Gasteiger partial charge in [-0.1, -0.05) is 61.5 Å². The Bertz CT molecular complexity index is 788. The van der Waals surface area contributed by atoms with Crippen molar-refractivity contribution in [2.24, 2.45) is 0 Å². The van der Waals surface area contributed by atoms with Crippen molar-refractivity contribution in [1.29, 1.82) is 0 Å². The predicted molar refractivity (Wildman–Crippen MR) is 100 cm³/mol. The van der Waals surface area contributed by atoms with E-state index in [-0.39, 0.29) is 16.9 Å². The van der Waals surface area contributed by atoms with Crippen molar-refractivity contribution in [1.82, 2.24) is 0 Å². The molecular formula is C22H25NO. The summed E-state index contributed by atoms with van der Waals surface area (Å²) in [5.41, 5.74) is 4.31. The first-order valence-corrected chi connectivity index (χ1v) is 8.43. The van der Waals surface area contributed by atoms with E-state index in [1.54, 1.807) is 0 Å². The fourth-order valence-electron chi connectivity index (χ4n) is 4.19. The molecule has 24 heavy (non-hydrogen) atoms. The molecule has 2 aromatic rings. The standard InChI is InChI=1S/C22H25NO/c1-6-20(24)23-19-10-8-7-9-18(19)22(5,15-21(23,3)4)17-13-11-16(2)12-14-17/h6-14H,1,15H2,2-5H3/t22-/m0/s1. The number of hydrogen-bond acceptors (Lipinski definition) is 1. The van der Waals surface area contributed by atoms with E-state index in [0.29, 0.717) is 0 Å². The maximum Gasteiger partial charge on any atom is 0.250 e. The van der Waals surface area contributed by atoms with Crippen molar-refractivity contribution in [2.75, 3.05) is 4.90 Å². The van der Waals surface area contributed by atoms with E-state index in [2.05, 4.69) is 70.7 Å². The molecule has 1 aliphatic rings. The van der Waals surface area contributed by atoms with Crippen LogP contribution in [0.1, 0.15) is 43.9 Å². The highest BCUT2D eigenvalue weighted by Gasteiger charge is 2.47. The van der Waals surface area contributed by atoms with Gasteiger partial charge in [-0.3, -0.25) is 4.79 Å². The second-order valence-corrected chi connectivity index (χ2v) is 7.58. The average molecular weight is 319 g/mol. The van der Waals surface area contributed by atoms with Gasteiger partial charge in [0.1, 0.15) is 0 Å². The fourth-order valence-corrected chi connectivity index (χ4v) is 4.19. The molecule has 1 heterocycles. The van der Waals surface area contributed by atoms with Crippen LogP contribution in [0.4, 0.5) is 5.69 Å². The summed E-state index contributed by atoms with van der Waals surface area (Å²) < 4.78 is 0. The van der Waals surface area contributed by atoms with E-state index in [9.17, 15) is 4.79 Å². The van der Waals surface area contributed by atoms with Crippen LogP contribution in [-0.2, 0) is 10.2 Å². The molecular weight excluding hydrogens is 294 g/mol. The number of carbonyl (C=O) groups excluding carboxylic acids is 1. The van der Waals surface area contributed by atoms with Gasteiger partial charge < -0.3 is 4.90 Å². The van der Waals surface area contributed by atoms with Crippen LogP contribution in [0.3, 0.4) is 0 Å². The zero-order valence-electron chi connectivity index (χ0n) is 15.0. The van der Waals surface area contributed by atoms with Crippen molar-refractivity contribution in [3.05, 3.63) is 77.9 Å². The number of hydrogen-bond donors (Lipinski definition) is 0. The molecule has 1 amide bonds. The van der Waals surface area contributed by atoms with Crippen molar-refractivity contribution in [3.63, 3.8) is 0 Å². The summed E-state index contributed by atoms with van der Waals surface area (Å²) >= 11 is 0. The molecule has 2 nitrogen and oxygen atoms in total. The highest BCUT2D eigenvalue weighted by molar-refractivity contribution is 6.03. The molecule has 3 rings (SSSR count). The first kappa shape index (κ1) is 16.5. The van der Waals surface area contributed by atoms with Crippen molar-refractivity contribution in [2.45, 2.75) is 45.1 Å². The van der Waals surface area contributed by atoms with Crippen LogP contribution in [0, 0.1) is 6.92 Å². The second kappa shape index (κ2) is 5.62. The van der Waals surface area contributed by atoms with Crippen molar-refractivity contribution < 1.29 is 4.79 Å². The number of carbonyl (C=O) groups is 1. The Morgan fingerprint density at radius 2 is 1.71 bits per heavy atom. The normalized spacial score (nSPS) is 21.9. The SMILES string of the molecule is C=CC(=O)N1c2ccccc2[C@](C)(c2ccc(C)cc2)CC1(C)C. The van der Waals surface area contributed by atoms with Crippen LogP contribution < -0.4 is 4.90 Å². The minimum atomic E-state index is -0.292. The lowest BCUT2D eigenvalue weighted by molar-refractivity contribution is -0.115. The lowest BCUT2D eigenvalue weighted by atomic mass is 9.65. The highest BCUT2D eigenvalue weighted by Crippen LogP contribution is 2.50. The van der Waals surface area contributed by atoms with Crippen LogP contribution in [0.15, 0.2) is 61.2 Å². The van der Waals surface area contributed by atoms with Gasteiger partial charge in [0.2, 0.25) is 0 Å². The zero-order valence-corrected chi connectivity index (χ0v) is 15.0. The monoisotopic (exact) mass is 319 g/mol. The third-order valence-corrected chi connectivity index (χ3v) is 5.21. The Balaban J connectivity index is 2.24. The second-order valence-electron chi connectivity index (χ2n) is 7.58. The highest BCUT2D eigenvalue weighted by atomic mass is 16.2. The molecule has 0 radical (unpaired) electrons. The third kappa shape index (κ3) is 2.47. The van der Waals surface area contributed by atoms with Gasteiger partial charge in [0, 0.05) is 16.6 Å². The van der Waals surface area contributed by atoms with Gasteiger partial charge in [0.25, 0.3) is 5.91 Å². The summed E-state index contributed by atoms with van der Waals surface area (Å²) in [4.78, 5) is 14.4. The number of aryl methyl sites for hydroxylation is 1. The molecule has 0 saturated heterocycles. The summed E-state index contributed by atoms with van der Waals surface area (Å²) in [5.74, 6) is -0.0431. The van der Waals surface area contributed by atoms with E-state index in [1.165, 1.54) is 22.8 Å². The predicted octanol–water partition coefficient (Wildman–Crippen LogP) is 5.00. The number of benzene rings is 2. The number of para-hydroxylation sites is 1. The van der Waals surface area contributed by atoms with Crippen LogP contribution in [0.2, 0.25) is 0 Å². The molecule has 124 valence electrons. The Kier molecular flexibility index (Phi) is 3.87. The summed E-state index contributed by atoms with van der Waals surface area (Å²) in [6.45, 7) is 12.4. The van der Waals surface area contributed by atoms with Crippen LogP contribution in [0.5, 0.6) is 0 Å². The largest absolute Gasteiger partial charge is 0.303 e. The number of amides is 1. The lowest BCUT2D eigenvalue weighted by Gasteiger charge is -2.51. The molecule has 0 fully saturated rings. The van der Waals surface area contributed by atoms with E-state index in [0.717, 1.165) is 12.1 Å². The topological polar surface area (TPSA) is 20.3 Å². The van der Waals surface area contributed by atoms with Crippen molar-refractivity contribution in [3.8, 4) is 0 Å². The Morgan fingerprint density at radius 1 is 1.08 bits per heavy atom. The Hall–Kier alpha value is -2.35. The van der Waals surface area contributed by atoms with E-state index in [4.69, 9.17) is 0 Å². The Morgan fingerprint density at radius 3 is 2.33 bits per heavy atom. The molecule has 0 bridgehead atoms. The maximum absolute atomic E-state index is 12.5. The molecule has 1 atom stereocenters. The first-order chi connectivity index (χ1) is 11.3. The van der Waals surface area contributed by atoms with E-state index < -0.39 is 0 Å². The smallest absolute Gasteiger partial charge is 0.250 e. The minimum Gasteiger partial charge on any atom is -0.303 e. The molecule has 1 aliphatic heterocycles. The molecule has 0 spiro atoms. The third-order valence-electron chi connectivity index (χ3n) is 5.21. The van der Waals surface area contributed by atoms with Gasteiger partial charge in [-0.05, 0) is 50.5 Å². The van der Waals surface area contributed by atoms with Crippen molar-refractivity contribution >= 4 is 11.6 Å². The molecule has 2 heteroatoms. The van der Waals surface area contributed by atoms with Crippen LogP contribution >= 0.6 is 0 Å². The summed E-state index contributed by atoms with van der Waals surface area (Å²) in [7, 11) is 0. The Labute approximate surface area is 144 Å². The molecule has 0 aliphatic carbocycles. The number of rotatable bonds is 2. The molecule has 0 N–H and O–H groups in total. The molecule has 2 aromatic carbocycles.